The molecule has 0 saturated carbocycles. The number of carbonyl (C=O) groups excluding carboxylic acids is 2. The Balaban J connectivity index is 2.05. The van der Waals surface area contributed by atoms with Crippen molar-refractivity contribution in [2.24, 2.45) is 0 Å². The second-order valence-corrected chi connectivity index (χ2v) is 12.0. The molecule has 0 aromatic heterocycles. The first-order valence-electron chi connectivity index (χ1n) is 13.2. The van der Waals surface area contributed by atoms with Gasteiger partial charge in [-0.05, 0) is 82.0 Å². The first kappa shape index (κ1) is 29.9. The van der Waals surface area contributed by atoms with E-state index in [-0.39, 0.29) is 23.4 Å². The summed E-state index contributed by atoms with van der Waals surface area (Å²) >= 11 is 0. The van der Waals surface area contributed by atoms with Gasteiger partial charge in [0.05, 0.1) is 10.6 Å². The molecule has 0 heterocycles. The van der Waals surface area contributed by atoms with Crippen LogP contribution in [0.25, 0.3) is 0 Å². The Morgan fingerprint density at radius 3 is 2.08 bits per heavy atom. The number of nitrogens with one attached hydrogen (secondary N) is 1. The third kappa shape index (κ3) is 7.69. The molecule has 0 bridgehead atoms. The second-order valence-electron chi connectivity index (χ2n) is 10.2. The molecule has 2 atom stereocenters. The molecule has 3 aromatic carbocycles. The van der Waals surface area contributed by atoms with Gasteiger partial charge in [-0.3, -0.25) is 13.9 Å². The van der Waals surface area contributed by atoms with Gasteiger partial charge >= 0.3 is 0 Å². The predicted molar refractivity (Wildman–Crippen MR) is 156 cm³/mol. The molecule has 1 N–H and O–H groups in total. The Bertz CT molecular complexity index is 1390. The van der Waals surface area contributed by atoms with Crippen LogP contribution in [-0.4, -0.2) is 43.8 Å². The van der Waals surface area contributed by atoms with Crippen molar-refractivity contribution >= 4 is 27.5 Å². The van der Waals surface area contributed by atoms with Crippen molar-refractivity contribution in [3.8, 4) is 0 Å². The highest BCUT2D eigenvalue weighted by Gasteiger charge is 2.33. The van der Waals surface area contributed by atoms with Crippen molar-refractivity contribution in [2.75, 3.05) is 10.8 Å². The molecule has 0 fully saturated rings. The molecule has 0 radical (unpaired) electrons. The van der Waals surface area contributed by atoms with E-state index in [1.807, 2.05) is 65.0 Å². The van der Waals surface area contributed by atoms with Crippen LogP contribution in [-0.2, 0) is 26.2 Å². The van der Waals surface area contributed by atoms with Crippen LogP contribution in [0.5, 0.6) is 0 Å². The smallest absolute Gasteiger partial charge is 0.264 e. The second kappa shape index (κ2) is 12.9. The van der Waals surface area contributed by atoms with Gasteiger partial charge < -0.3 is 10.2 Å². The Morgan fingerprint density at radius 2 is 1.49 bits per heavy atom. The molecule has 0 aliphatic rings. The summed E-state index contributed by atoms with van der Waals surface area (Å²) in [6.07, 6.45) is 0.750. The average Bonchev–Trinajstić information content (AvgIpc) is 2.89. The van der Waals surface area contributed by atoms with E-state index in [9.17, 15) is 18.0 Å². The quantitative estimate of drug-likeness (QED) is 0.359. The van der Waals surface area contributed by atoms with E-state index in [2.05, 4.69) is 5.32 Å². The molecule has 2 amide bonds. The summed E-state index contributed by atoms with van der Waals surface area (Å²) in [6, 6.07) is 20.4. The minimum Gasteiger partial charge on any atom is -0.352 e. The lowest BCUT2D eigenvalue weighted by Crippen LogP contribution is -2.52. The summed E-state index contributed by atoms with van der Waals surface area (Å²) in [7, 11) is -4.08. The maximum Gasteiger partial charge on any atom is 0.264 e. The third-order valence-corrected chi connectivity index (χ3v) is 8.50. The van der Waals surface area contributed by atoms with Gasteiger partial charge in [0, 0.05) is 12.6 Å². The lowest BCUT2D eigenvalue weighted by Gasteiger charge is -2.32. The Hall–Kier alpha value is -3.65. The predicted octanol–water partition coefficient (Wildman–Crippen LogP) is 5.14. The molecule has 0 aliphatic heterocycles. The van der Waals surface area contributed by atoms with Gasteiger partial charge in [0.25, 0.3) is 10.0 Å². The van der Waals surface area contributed by atoms with E-state index < -0.39 is 28.5 Å². The summed E-state index contributed by atoms with van der Waals surface area (Å²) in [6.45, 7) is 11.0. The van der Waals surface area contributed by atoms with Crippen LogP contribution in [0.4, 0.5) is 5.69 Å². The van der Waals surface area contributed by atoms with Gasteiger partial charge in [0.1, 0.15) is 12.6 Å². The summed E-state index contributed by atoms with van der Waals surface area (Å²) in [4.78, 5) is 28.7. The molecule has 3 rings (SSSR count). The normalized spacial score (nSPS) is 12.9. The standard InChI is InChI=1S/C31H39N3O4S/c1-7-25(5)32-31(36)26(6)33(20-27-13-11-12-22(2)17-27)30(35)21-34(28-18-23(3)16-24(4)19-28)39(37,38)29-14-9-8-10-15-29/h8-19,25-26H,7,20-21H2,1-6H3,(H,32,36). The summed E-state index contributed by atoms with van der Waals surface area (Å²) in [5, 5.41) is 2.95. The zero-order valence-corrected chi connectivity index (χ0v) is 24.5. The van der Waals surface area contributed by atoms with Crippen LogP contribution in [0.3, 0.4) is 0 Å². The molecular weight excluding hydrogens is 510 g/mol. The van der Waals surface area contributed by atoms with Crippen molar-refractivity contribution in [2.45, 2.75) is 71.5 Å². The Labute approximate surface area is 232 Å². The molecule has 2 unspecified atom stereocenters. The summed E-state index contributed by atoms with van der Waals surface area (Å²) in [5.41, 5.74) is 4.04. The minimum absolute atomic E-state index is 0.0545. The molecule has 7 nitrogen and oxygen atoms in total. The molecular formula is C31H39N3O4S. The highest BCUT2D eigenvalue weighted by atomic mass is 32.2. The molecule has 0 spiro atoms. The van der Waals surface area contributed by atoms with Gasteiger partial charge in [-0.25, -0.2) is 8.42 Å². The van der Waals surface area contributed by atoms with Crippen molar-refractivity contribution in [3.63, 3.8) is 0 Å². The Morgan fingerprint density at radius 1 is 0.846 bits per heavy atom. The van der Waals surface area contributed by atoms with E-state index in [4.69, 9.17) is 0 Å². The maximum absolute atomic E-state index is 14.0. The molecule has 0 aliphatic carbocycles. The SMILES string of the molecule is CCC(C)NC(=O)C(C)N(Cc1cccc(C)c1)C(=O)CN(c1cc(C)cc(C)c1)S(=O)(=O)c1ccccc1. The molecule has 3 aromatic rings. The van der Waals surface area contributed by atoms with E-state index in [0.29, 0.717) is 5.69 Å². The van der Waals surface area contributed by atoms with Crippen LogP contribution in [0.1, 0.15) is 49.4 Å². The molecule has 39 heavy (non-hydrogen) atoms. The van der Waals surface area contributed by atoms with Crippen LogP contribution >= 0.6 is 0 Å². The number of nitrogens with zero attached hydrogens (tertiary/aromatic N) is 2. The van der Waals surface area contributed by atoms with Crippen LogP contribution in [0, 0.1) is 20.8 Å². The fourth-order valence-corrected chi connectivity index (χ4v) is 5.82. The van der Waals surface area contributed by atoms with Gasteiger partial charge in [-0.1, -0.05) is 61.0 Å². The maximum atomic E-state index is 14.0. The zero-order valence-electron chi connectivity index (χ0n) is 23.6. The lowest BCUT2D eigenvalue weighted by molar-refractivity contribution is -0.139. The number of aryl methyl sites for hydroxylation is 3. The van der Waals surface area contributed by atoms with Gasteiger partial charge in [0.2, 0.25) is 11.8 Å². The summed E-state index contributed by atoms with van der Waals surface area (Å²) < 4.78 is 28.9. The van der Waals surface area contributed by atoms with Gasteiger partial charge in [-0.2, -0.15) is 0 Å². The van der Waals surface area contributed by atoms with E-state index >= 15 is 0 Å². The number of amides is 2. The van der Waals surface area contributed by atoms with Crippen molar-refractivity contribution in [1.29, 1.82) is 0 Å². The van der Waals surface area contributed by atoms with Crippen LogP contribution < -0.4 is 9.62 Å². The number of hydrogen-bond acceptors (Lipinski definition) is 4. The number of benzene rings is 3. The highest BCUT2D eigenvalue weighted by Crippen LogP contribution is 2.26. The third-order valence-electron chi connectivity index (χ3n) is 6.71. The number of anilines is 1. The monoisotopic (exact) mass is 549 g/mol. The fraction of sp³-hybridized carbons (Fsp3) is 0.355. The minimum atomic E-state index is -4.08. The van der Waals surface area contributed by atoms with Crippen molar-refractivity contribution in [3.05, 3.63) is 95.1 Å². The number of carbonyl (C=O) groups is 2. The molecule has 208 valence electrons. The van der Waals surface area contributed by atoms with Crippen LogP contribution in [0.2, 0.25) is 0 Å². The van der Waals surface area contributed by atoms with Crippen molar-refractivity contribution < 1.29 is 18.0 Å². The average molecular weight is 550 g/mol. The Kier molecular flexibility index (Phi) is 9.92. The van der Waals surface area contributed by atoms with E-state index in [1.54, 1.807) is 37.3 Å². The lowest BCUT2D eigenvalue weighted by atomic mass is 10.1. The topological polar surface area (TPSA) is 86.8 Å². The summed E-state index contributed by atoms with van der Waals surface area (Å²) in [5.74, 6) is -0.754. The number of rotatable bonds is 11. The number of hydrogen-bond donors (Lipinski definition) is 1. The van der Waals surface area contributed by atoms with Gasteiger partial charge in [0.15, 0.2) is 0 Å². The van der Waals surface area contributed by atoms with Crippen LogP contribution in [0.15, 0.2) is 77.7 Å². The molecule has 0 saturated heterocycles. The first-order chi connectivity index (χ1) is 18.4. The highest BCUT2D eigenvalue weighted by molar-refractivity contribution is 7.92. The molecule has 8 heteroatoms. The fourth-order valence-electron chi connectivity index (χ4n) is 4.40. The van der Waals surface area contributed by atoms with Crippen molar-refractivity contribution in [1.82, 2.24) is 10.2 Å². The van der Waals surface area contributed by atoms with E-state index in [1.165, 1.54) is 17.0 Å². The zero-order chi connectivity index (χ0) is 28.7. The van der Waals surface area contributed by atoms with Gasteiger partial charge in [-0.15, -0.1) is 0 Å². The number of sulfonamides is 1. The van der Waals surface area contributed by atoms with E-state index in [0.717, 1.165) is 33.0 Å². The largest absolute Gasteiger partial charge is 0.352 e. The first-order valence-corrected chi connectivity index (χ1v) is 14.7.